The fraction of sp³-hybridized carbons (Fsp3) is 0.333. The van der Waals surface area contributed by atoms with Crippen LogP contribution in [0.15, 0.2) is 6.07 Å². The van der Waals surface area contributed by atoms with E-state index in [0.29, 0.717) is 0 Å². The molecule has 90 valence electrons. The second-order valence-electron chi connectivity index (χ2n) is 3.05. The highest BCUT2D eigenvalue weighted by Crippen LogP contribution is 2.34. The Morgan fingerprint density at radius 2 is 1.62 bits per heavy atom. The molecule has 16 heavy (non-hydrogen) atoms. The van der Waals surface area contributed by atoms with Crippen molar-refractivity contribution < 1.29 is 26.3 Å². The van der Waals surface area contributed by atoms with Crippen LogP contribution in [-0.2, 0) is 12.6 Å². The van der Waals surface area contributed by atoms with E-state index in [1.165, 1.54) is 0 Å². The van der Waals surface area contributed by atoms with Crippen LogP contribution in [0.25, 0.3) is 0 Å². The van der Waals surface area contributed by atoms with Crippen molar-refractivity contribution in [3.05, 3.63) is 34.6 Å². The highest BCUT2D eigenvalue weighted by molar-refractivity contribution is 5.30. The number of alkyl halides is 3. The average Bonchev–Trinajstić information content (AvgIpc) is 2.16. The van der Waals surface area contributed by atoms with Gasteiger partial charge in [-0.3, -0.25) is 0 Å². The highest BCUT2D eigenvalue weighted by atomic mass is 19.4. The van der Waals surface area contributed by atoms with E-state index in [0.717, 1.165) is 0 Å². The van der Waals surface area contributed by atoms with Gasteiger partial charge < -0.3 is 5.73 Å². The molecular weight excluding hydrogens is 236 g/mol. The van der Waals surface area contributed by atoms with E-state index in [-0.39, 0.29) is 19.0 Å². The zero-order chi connectivity index (χ0) is 12.5. The van der Waals surface area contributed by atoms with Gasteiger partial charge in [0, 0.05) is 5.56 Å². The summed E-state index contributed by atoms with van der Waals surface area (Å²) >= 11 is 0. The largest absolute Gasteiger partial charge is 0.419 e. The van der Waals surface area contributed by atoms with E-state index in [4.69, 9.17) is 5.73 Å². The van der Waals surface area contributed by atoms with Crippen molar-refractivity contribution in [1.29, 1.82) is 0 Å². The van der Waals surface area contributed by atoms with Crippen LogP contribution in [0.1, 0.15) is 11.1 Å². The molecule has 0 aromatic heterocycles. The Bertz CT molecular complexity index is 398. The van der Waals surface area contributed by atoms with Gasteiger partial charge in [0.05, 0.1) is 5.56 Å². The van der Waals surface area contributed by atoms with Gasteiger partial charge >= 0.3 is 6.18 Å². The fourth-order valence-corrected chi connectivity index (χ4v) is 1.21. The van der Waals surface area contributed by atoms with Crippen LogP contribution in [-0.4, -0.2) is 6.54 Å². The average molecular weight is 243 g/mol. The zero-order valence-corrected chi connectivity index (χ0v) is 7.84. The molecule has 0 aliphatic carbocycles. The van der Waals surface area contributed by atoms with Gasteiger partial charge in [-0.1, -0.05) is 0 Å². The van der Waals surface area contributed by atoms with Gasteiger partial charge in [0.25, 0.3) is 0 Å². The molecule has 0 aliphatic heterocycles. The van der Waals surface area contributed by atoms with Crippen molar-refractivity contribution in [3.63, 3.8) is 0 Å². The molecule has 1 aromatic rings. The molecule has 1 nitrogen and oxygen atoms in total. The maximum atomic E-state index is 13.1. The lowest BCUT2D eigenvalue weighted by molar-refractivity contribution is -0.140. The third kappa shape index (κ3) is 2.29. The van der Waals surface area contributed by atoms with Crippen molar-refractivity contribution in [2.45, 2.75) is 12.6 Å². The molecule has 0 saturated heterocycles. The van der Waals surface area contributed by atoms with Gasteiger partial charge in [0.15, 0.2) is 11.6 Å². The molecule has 2 N–H and O–H groups in total. The molecule has 0 atom stereocenters. The lowest BCUT2D eigenvalue weighted by Gasteiger charge is -2.11. The molecule has 0 radical (unpaired) electrons. The number of hydrogen-bond donors (Lipinski definition) is 1. The van der Waals surface area contributed by atoms with Crippen molar-refractivity contribution in [3.8, 4) is 0 Å². The molecule has 1 rings (SSSR count). The molecule has 0 bridgehead atoms. The van der Waals surface area contributed by atoms with Gasteiger partial charge in [-0.05, 0) is 19.0 Å². The Labute approximate surface area is 86.9 Å². The standard InChI is InChI=1S/C9H7F6N/c10-6-3-5(9(13,14)15)8(12)7(11)4(6)1-2-16/h3H,1-2,16H2. The zero-order valence-electron chi connectivity index (χ0n) is 7.84. The quantitative estimate of drug-likeness (QED) is 0.627. The van der Waals surface area contributed by atoms with Gasteiger partial charge in [-0.2, -0.15) is 13.2 Å². The summed E-state index contributed by atoms with van der Waals surface area (Å²) < 4.78 is 75.5. The summed E-state index contributed by atoms with van der Waals surface area (Å²) in [6.07, 6.45) is -5.50. The lowest BCUT2D eigenvalue weighted by atomic mass is 10.1. The Balaban J connectivity index is 3.39. The van der Waals surface area contributed by atoms with Crippen LogP contribution in [0.2, 0.25) is 0 Å². The third-order valence-electron chi connectivity index (χ3n) is 1.95. The smallest absolute Gasteiger partial charge is 0.330 e. The van der Waals surface area contributed by atoms with Crippen LogP contribution in [0, 0.1) is 17.5 Å². The first kappa shape index (κ1) is 12.8. The molecule has 1 aromatic carbocycles. The third-order valence-corrected chi connectivity index (χ3v) is 1.95. The van der Waals surface area contributed by atoms with E-state index in [1.807, 2.05) is 0 Å². The summed E-state index contributed by atoms with van der Waals surface area (Å²) in [4.78, 5) is 0. The monoisotopic (exact) mass is 243 g/mol. The number of rotatable bonds is 2. The molecule has 0 saturated carbocycles. The maximum Gasteiger partial charge on any atom is 0.419 e. The summed E-state index contributed by atoms with van der Waals surface area (Å²) in [5.41, 5.74) is 2.27. The number of halogens is 6. The summed E-state index contributed by atoms with van der Waals surface area (Å²) in [7, 11) is 0. The SMILES string of the molecule is NCCc1c(F)cc(C(F)(F)F)c(F)c1F. The molecule has 0 heterocycles. The first-order valence-electron chi connectivity index (χ1n) is 4.22. The Morgan fingerprint density at radius 1 is 1.06 bits per heavy atom. The van der Waals surface area contributed by atoms with Gasteiger partial charge in [-0.15, -0.1) is 0 Å². The number of nitrogens with two attached hydrogens (primary N) is 1. The van der Waals surface area contributed by atoms with Gasteiger partial charge in [0.2, 0.25) is 0 Å². The van der Waals surface area contributed by atoms with Crippen LogP contribution < -0.4 is 5.73 Å². The maximum absolute atomic E-state index is 13.1. The van der Waals surface area contributed by atoms with Crippen LogP contribution in [0.4, 0.5) is 26.3 Å². The van der Waals surface area contributed by atoms with Gasteiger partial charge in [-0.25, -0.2) is 13.2 Å². The highest BCUT2D eigenvalue weighted by Gasteiger charge is 2.37. The Kier molecular flexibility index (Phi) is 3.47. The first-order valence-corrected chi connectivity index (χ1v) is 4.22. The molecule has 0 aliphatic rings. The van der Waals surface area contributed by atoms with E-state index in [2.05, 4.69) is 0 Å². The topological polar surface area (TPSA) is 26.0 Å². The predicted octanol–water partition coefficient (Wildman–Crippen LogP) is 2.62. The van der Waals surface area contributed by atoms with E-state index >= 15 is 0 Å². The molecule has 0 unspecified atom stereocenters. The molecule has 0 spiro atoms. The minimum atomic E-state index is -5.13. The minimum absolute atomic E-state index is 0.0661. The molecular formula is C9H7F6N. The van der Waals surface area contributed by atoms with E-state index in [1.54, 1.807) is 0 Å². The van der Waals surface area contributed by atoms with Crippen molar-refractivity contribution >= 4 is 0 Å². The summed E-state index contributed by atoms with van der Waals surface area (Å²) in [5.74, 6) is -5.38. The number of benzene rings is 1. The second-order valence-corrected chi connectivity index (χ2v) is 3.05. The normalized spacial score (nSPS) is 11.9. The summed E-state index contributed by atoms with van der Waals surface area (Å²) in [5, 5.41) is 0. The van der Waals surface area contributed by atoms with E-state index in [9.17, 15) is 26.3 Å². The summed E-state index contributed by atoms with van der Waals surface area (Å²) in [6, 6.07) is -0.0661. The predicted molar refractivity (Wildman–Crippen MR) is 44.1 cm³/mol. The molecule has 0 fully saturated rings. The fourth-order valence-electron chi connectivity index (χ4n) is 1.21. The Morgan fingerprint density at radius 3 is 2.06 bits per heavy atom. The number of hydrogen-bond acceptors (Lipinski definition) is 1. The summed E-state index contributed by atoms with van der Waals surface area (Å²) in [6.45, 7) is -0.196. The second kappa shape index (κ2) is 4.32. The lowest BCUT2D eigenvalue weighted by Crippen LogP contribution is -2.14. The van der Waals surface area contributed by atoms with E-state index < -0.39 is 34.8 Å². The van der Waals surface area contributed by atoms with Crippen LogP contribution in [0.5, 0.6) is 0 Å². The van der Waals surface area contributed by atoms with Crippen molar-refractivity contribution in [2.24, 2.45) is 5.73 Å². The van der Waals surface area contributed by atoms with Crippen LogP contribution >= 0.6 is 0 Å². The van der Waals surface area contributed by atoms with Crippen molar-refractivity contribution in [1.82, 2.24) is 0 Å². The first-order chi connectivity index (χ1) is 7.29. The van der Waals surface area contributed by atoms with Gasteiger partial charge in [0.1, 0.15) is 5.82 Å². The molecule has 7 heteroatoms. The molecule has 0 amide bonds. The van der Waals surface area contributed by atoms with Crippen molar-refractivity contribution in [2.75, 3.05) is 6.54 Å². The minimum Gasteiger partial charge on any atom is -0.330 e. The van der Waals surface area contributed by atoms with Crippen LogP contribution in [0.3, 0.4) is 0 Å². The Hall–Kier alpha value is -1.24.